The highest BCUT2D eigenvalue weighted by Crippen LogP contribution is 2.26. The fourth-order valence-corrected chi connectivity index (χ4v) is 1.36. The highest BCUT2D eigenvalue weighted by molar-refractivity contribution is 6.31. The summed E-state index contributed by atoms with van der Waals surface area (Å²) in [6.07, 6.45) is 1.90. The third-order valence-corrected chi connectivity index (χ3v) is 2.29. The molecule has 0 amide bonds. The van der Waals surface area contributed by atoms with Crippen LogP contribution >= 0.6 is 11.6 Å². The van der Waals surface area contributed by atoms with Crippen molar-refractivity contribution >= 4 is 11.6 Å². The molecule has 1 aromatic carbocycles. The van der Waals surface area contributed by atoms with E-state index >= 15 is 0 Å². The molecule has 0 fully saturated rings. The average molecular weight is 185 g/mol. The van der Waals surface area contributed by atoms with Gasteiger partial charge in [-0.25, -0.2) is 0 Å². The smallest absolute Gasteiger partial charge is 0.119 e. The first-order chi connectivity index (χ1) is 5.65. The Morgan fingerprint density at radius 1 is 1.42 bits per heavy atom. The van der Waals surface area contributed by atoms with Crippen molar-refractivity contribution in [2.75, 3.05) is 0 Å². The van der Waals surface area contributed by atoms with Gasteiger partial charge in [0.15, 0.2) is 0 Å². The maximum Gasteiger partial charge on any atom is 0.119 e. The van der Waals surface area contributed by atoms with Gasteiger partial charge in [-0.1, -0.05) is 24.9 Å². The quantitative estimate of drug-likeness (QED) is 0.748. The third kappa shape index (κ3) is 1.92. The van der Waals surface area contributed by atoms with Gasteiger partial charge in [0.1, 0.15) is 5.75 Å². The number of phenolic OH excluding ortho intramolecular Hbond substituents is 1. The molecular formula is C10H13ClO. The van der Waals surface area contributed by atoms with Gasteiger partial charge in [0.05, 0.1) is 0 Å². The Balaban J connectivity index is 3.05. The molecule has 0 aromatic heterocycles. The van der Waals surface area contributed by atoms with Crippen LogP contribution in [0, 0.1) is 6.92 Å². The van der Waals surface area contributed by atoms with E-state index in [1.165, 1.54) is 0 Å². The van der Waals surface area contributed by atoms with Crippen LogP contribution in [0.4, 0.5) is 0 Å². The van der Waals surface area contributed by atoms with Gasteiger partial charge in [-0.05, 0) is 36.6 Å². The van der Waals surface area contributed by atoms with E-state index < -0.39 is 0 Å². The summed E-state index contributed by atoms with van der Waals surface area (Å²) in [7, 11) is 0. The van der Waals surface area contributed by atoms with Crippen molar-refractivity contribution in [1.82, 2.24) is 0 Å². The minimum atomic E-state index is 0.360. The number of halogens is 1. The van der Waals surface area contributed by atoms with Crippen LogP contribution in [0.25, 0.3) is 0 Å². The van der Waals surface area contributed by atoms with Crippen molar-refractivity contribution in [2.24, 2.45) is 0 Å². The molecule has 66 valence electrons. The molecule has 0 spiro atoms. The van der Waals surface area contributed by atoms with Crippen LogP contribution in [-0.2, 0) is 6.42 Å². The second-order valence-electron chi connectivity index (χ2n) is 2.98. The Morgan fingerprint density at radius 2 is 2.08 bits per heavy atom. The standard InChI is InChI=1S/C10H13ClO/c1-3-4-8-6-9(11)7(2)5-10(8)12/h5-6,12H,3-4H2,1-2H3. The summed E-state index contributed by atoms with van der Waals surface area (Å²) in [6.45, 7) is 3.96. The molecule has 1 aromatic rings. The molecule has 0 atom stereocenters. The first kappa shape index (κ1) is 9.40. The Kier molecular flexibility index (Phi) is 2.99. The van der Waals surface area contributed by atoms with Crippen molar-refractivity contribution in [3.63, 3.8) is 0 Å². The Morgan fingerprint density at radius 3 is 2.67 bits per heavy atom. The molecule has 2 heteroatoms. The molecule has 12 heavy (non-hydrogen) atoms. The molecule has 1 rings (SSSR count). The number of hydrogen-bond acceptors (Lipinski definition) is 1. The summed E-state index contributed by atoms with van der Waals surface area (Å²) in [5, 5.41) is 10.2. The Hall–Kier alpha value is -0.690. The lowest BCUT2D eigenvalue weighted by atomic mass is 10.1. The highest BCUT2D eigenvalue weighted by atomic mass is 35.5. The van der Waals surface area contributed by atoms with Crippen LogP contribution < -0.4 is 0 Å². The molecule has 0 radical (unpaired) electrons. The number of rotatable bonds is 2. The fraction of sp³-hybridized carbons (Fsp3) is 0.400. The predicted octanol–water partition coefficient (Wildman–Crippen LogP) is 3.31. The zero-order chi connectivity index (χ0) is 9.14. The Labute approximate surface area is 78.0 Å². The molecule has 0 aliphatic heterocycles. The number of benzene rings is 1. The first-order valence-electron chi connectivity index (χ1n) is 4.13. The lowest BCUT2D eigenvalue weighted by Crippen LogP contribution is -1.86. The van der Waals surface area contributed by atoms with E-state index in [0.717, 1.165) is 29.0 Å². The van der Waals surface area contributed by atoms with E-state index in [2.05, 4.69) is 6.92 Å². The van der Waals surface area contributed by atoms with Crippen molar-refractivity contribution < 1.29 is 5.11 Å². The summed E-state index contributed by atoms with van der Waals surface area (Å²) < 4.78 is 0. The van der Waals surface area contributed by atoms with Crippen LogP contribution in [0.3, 0.4) is 0 Å². The van der Waals surface area contributed by atoms with E-state index in [-0.39, 0.29) is 0 Å². The maximum absolute atomic E-state index is 9.49. The zero-order valence-electron chi connectivity index (χ0n) is 7.39. The molecule has 0 heterocycles. The summed E-state index contributed by atoms with van der Waals surface area (Å²) >= 11 is 5.91. The van der Waals surface area contributed by atoms with E-state index in [1.54, 1.807) is 6.07 Å². The summed E-state index contributed by atoms with van der Waals surface area (Å²) in [6, 6.07) is 3.56. The van der Waals surface area contributed by atoms with Crippen LogP contribution in [0.2, 0.25) is 5.02 Å². The third-order valence-electron chi connectivity index (χ3n) is 1.88. The zero-order valence-corrected chi connectivity index (χ0v) is 8.15. The first-order valence-corrected chi connectivity index (χ1v) is 4.51. The summed E-state index contributed by atoms with van der Waals surface area (Å²) in [5.74, 6) is 0.360. The molecular weight excluding hydrogens is 172 g/mol. The van der Waals surface area contributed by atoms with Gasteiger partial charge in [-0.15, -0.1) is 0 Å². The molecule has 0 saturated heterocycles. The van der Waals surface area contributed by atoms with Gasteiger partial charge in [0, 0.05) is 5.02 Å². The fourth-order valence-electron chi connectivity index (χ4n) is 1.18. The molecule has 0 aliphatic carbocycles. The van der Waals surface area contributed by atoms with Crippen molar-refractivity contribution in [3.05, 3.63) is 28.3 Å². The molecule has 1 nitrogen and oxygen atoms in total. The van der Waals surface area contributed by atoms with E-state index in [0.29, 0.717) is 5.75 Å². The number of aryl methyl sites for hydroxylation is 2. The highest BCUT2D eigenvalue weighted by Gasteiger charge is 2.03. The normalized spacial score (nSPS) is 10.2. The number of aromatic hydroxyl groups is 1. The monoisotopic (exact) mass is 184 g/mol. The van der Waals surface area contributed by atoms with Gasteiger partial charge < -0.3 is 5.11 Å². The molecule has 0 unspecified atom stereocenters. The minimum absolute atomic E-state index is 0.360. The largest absolute Gasteiger partial charge is 0.508 e. The van der Waals surface area contributed by atoms with E-state index in [1.807, 2.05) is 13.0 Å². The number of hydrogen-bond donors (Lipinski definition) is 1. The summed E-state index contributed by atoms with van der Waals surface area (Å²) in [4.78, 5) is 0. The van der Waals surface area contributed by atoms with Crippen LogP contribution in [-0.4, -0.2) is 5.11 Å². The van der Waals surface area contributed by atoms with Gasteiger partial charge in [-0.3, -0.25) is 0 Å². The predicted molar refractivity (Wildman–Crippen MR) is 51.8 cm³/mol. The van der Waals surface area contributed by atoms with Crippen LogP contribution in [0.1, 0.15) is 24.5 Å². The van der Waals surface area contributed by atoms with E-state index in [9.17, 15) is 5.11 Å². The van der Waals surface area contributed by atoms with E-state index in [4.69, 9.17) is 11.6 Å². The van der Waals surface area contributed by atoms with Gasteiger partial charge in [0.2, 0.25) is 0 Å². The van der Waals surface area contributed by atoms with Crippen molar-refractivity contribution in [3.8, 4) is 5.75 Å². The van der Waals surface area contributed by atoms with Crippen LogP contribution in [0.15, 0.2) is 12.1 Å². The topological polar surface area (TPSA) is 20.2 Å². The average Bonchev–Trinajstić information content (AvgIpc) is 2.01. The molecule has 0 aliphatic rings. The van der Waals surface area contributed by atoms with Gasteiger partial charge in [0.25, 0.3) is 0 Å². The molecule has 0 saturated carbocycles. The maximum atomic E-state index is 9.49. The SMILES string of the molecule is CCCc1cc(Cl)c(C)cc1O. The lowest BCUT2D eigenvalue weighted by Gasteiger charge is -2.05. The number of phenols is 1. The second-order valence-corrected chi connectivity index (χ2v) is 3.39. The van der Waals surface area contributed by atoms with Crippen molar-refractivity contribution in [1.29, 1.82) is 0 Å². The molecule has 1 N–H and O–H groups in total. The lowest BCUT2D eigenvalue weighted by molar-refractivity contribution is 0.467. The molecule has 0 bridgehead atoms. The van der Waals surface area contributed by atoms with Crippen molar-refractivity contribution in [2.45, 2.75) is 26.7 Å². The minimum Gasteiger partial charge on any atom is -0.508 e. The second kappa shape index (κ2) is 3.81. The van der Waals surface area contributed by atoms with Gasteiger partial charge in [-0.2, -0.15) is 0 Å². The van der Waals surface area contributed by atoms with Crippen LogP contribution in [0.5, 0.6) is 5.75 Å². The Bertz CT molecular complexity index is 281. The summed E-state index contributed by atoms with van der Waals surface area (Å²) in [5.41, 5.74) is 1.86. The van der Waals surface area contributed by atoms with Gasteiger partial charge >= 0.3 is 0 Å².